The molecule has 0 atom stereocenters. The average molecular weight is 266 g/mol. The van der Waals surface area contributed by atoms with E-state index in [9.17, 15) is 0 Å². The fourth-order valence-electron chi connectivity index (χ4n) is 0.479. The molecule has 0 unspecified atom stereocenters. The first-order chi connectivity index (χ1) is 5.85. The summed E-state index contributed by atoms with van der Waals surface area (Å²) in [6, 6.07) is 0. The van der Waals surface area contributed by atoms with E-state index in [0.29, 0.717) is 19.8 Å². The zero-order chi connectivity index (χ0) is 9.82. The van der Waals surface area contributed by atoms with E-state index >= 15 is 0 Å². The summed E-state index contributed by atoms with van der Waals surface area (Å²) in [6.45, 7) is 7.78. The van der Waals surface area contributed by atoms with Crippen molar-refractivity contribution < 1.29 is 28.7 Å². The van der Waals surface area contributed by atoms with Gasteiger partial charge in [0.15, 0.2) is 0 Å². The van der Waals surface area contributed by atoms with Crippen molar-refractivity contribution in [3.8, 4) is 0 Å². The molecule has 0 bridgehead atoms. The van der Waals surface area contributed by atoms with Crippen molar-refractivity contribution in [3.63, 3.8) is 0 Å². The van der Waals surface area contributed by atoms with Gasteiger partial charge in [-0.2, -0.15) is 13.6 Å². The molecule has 80 valence electrons. The fourth-order valence-corrected chi connectivity index (χ4v) is 1.44. The average Bonchev–Trinajstić information content (AvgIpc) is 2.10. The third-order valence-electron chi connectivity index (χ3n) is 0.787. The van der Waals surface area contributed by atoms with Crippen molar-refractivity contribution in [1.29, 1.82) is 0 Å². The Balaban J connectivity index is 0. The van der Waals surface area contributed by atoms with Gasteiger partial charge < -0.3 is 0 Å². The second kappa shape index (κ2) is 14.6. The molecule has 3 nitrogen and oxygen atoms in total. The molecule has 0 amide bonds. The summed E-state index contributed by atoms with van der Waals surface area (Å²) in [7, 11) is 2.80. The molecule has 0 aliphatic rings. The minimum atomic E-state index is -1.40. The van der Waals surface area contributed by atoms with Crippen molar-refractivity contribution in [3.05, 3.63) is 0 Å². The molecule has 0 aromatic rings. The summed E-state index contributed by atoms with van der Waals surface area (Å²) < 4.78 is 15.5. The molecular formula is C6H16ClCuO3P+. The van der Waals surface area contributed by atoms with Crippen LogP contribution in [0, 0.1) is 0 Å². The van der Waals surface area contributed by atoms with Gasteiger partial charge in [0.25, 0.3) is 0 Å². The third-order valence-corrected chi connectivity index (χ3v) is 2.36. The third kappa shape index (κ3) is 11.1. The fraction of sp³-hybridized carbons (Fsp3) is 1.00. The van der Waals surface area contributed by atoms with Gasteiger partial charge in [-0.15, -0.1) is 0 Å². The SMILES string of the molecule is CCO[PH+](OCC)OCC.[Cl][Cu]. The van der Waals surface area contributed by atoms with Crippen LogP contribution in [0.2, 0.25) is 0 Å². The van der Waals surface area contributed by atoms with Crippen molar-refractivity contribution >= 4 is 18.7 Å². The molecule has 0 heterocycles. The molecule has 12 heavy (non-hydrogen) atoms. The molecule has 0 aliphatic heterocycles. The van der Waals surface area contributed by atoms with Crippen LogP contribution in [-0.2, 0) is 28.7 Å². The Morgan fingerprint density at radius 3 is 1.33 bits per heavy atom. The molecule has 0 spiro atoms. The van der Waals surface area contributed by atoms with Crippen LogP contribution in [0.15, 0.2) is 0 Å². The Hall–Kier alpha value is 1.12. The summed E-state index contributed by atoms with van der Waals surface area (Å²) in [5.41, 5.74) is 0. The van der Waals surface area contributed by atoms with Crippen molar-refractivity contribution in [2.24, 2.45) is 0 Å². The normalized spacial score (nSPS) is 9.58. The van der Waals surface area contributed by atoms with Gasteiger partial charge in [-0.3, -0.25) is 0 Å². The Morgan fingerprint density at radius 2 is 1.17 bits per heavy atom. The number of halogens is 1. The monoisotopic (exact) mass is 265 g/mol. The van der Waals surface area contributed by atoms with Crippen LogP contribution in [-0.4, -0.2) is 19.8 Å². The van der Waals surface area contributed by atoms with Gasteiger partial charge in [0.2, 0.25) is 0 Å². The maximum atomic E-state index is 5.18. The maximum absolute atomic E-state index is 5.18. The van der Waals surface area contributed by atoms with E-state index in [0.717, 1.165) is 0 Å². The van der Waals surface area contributed by atoms with Crippen LogP contribution >= 0.6 is 18.7 Å². The Morgan fingerprint density at radius 1 is 0.917 bits per heavy atom. The molecular weight excluding hydrogens is 250 g/mol. The predicted molar refractivity (Wildman–Crippen MR) is 49.0 cm³/mol. The first-order valence-electron chi connectivity index (χ1n) is 3.71. The van der Waals surface area contributed by atoms with Crippen LogP contribution in [0.1, 0.15) is 20.8 Å². The van der Waals surface area contributed by atoms with E-state index in [-0.39, 0.29) is 0 Å². The predicted octanol–water partition coefficient (Wildman–Crippen LogP) is 2.74. The summed E-state index contributed by atoms with van der Waals surface area (Å²) in [4.78, 5) is 0. The summed E-state index contributed by atoms with van der Waals surface area (Å²) in [5, 5.41) is 0. The quantitative estimate of drug-likeness (QED) is 0.546. The van der Waals surface area contributed by atoms with Crippen LogP contribution in [0.4, 0.5) is 0 Å². The van der Waals surface area contributed by atoms with Crippen molar-refractivity contribution in [2.45, 2.75) is 20.8 Å². The molecule has 0 aliphatic carbocycles. The van der Waals surface area contributed by atoms with E-state index in [4.69, 9.17) is 13.6 Å². The minimum absolute atomic E-state index is 0.661. The number of hydrogen-bond donors (Lipinski definition) is 0. The molecule has 0 saturated heterocycles. The molecule has 0 aromatic heterocycles. The van der Waals surface area contributed by atoms with E-state index in [1.54, 1.807) is 0 Å². The standard InChI is InChI=1S/C6H16O3P.ClH.Cu/c1-4-7-10(8-5-2)9-6-3;;/h10H,4-6H2,1-3H3;1H;/q+1;;+1/p-1. The van der Waals surface area contributed by atoms with Gasteiger partial charge in [0.05, 0.1) is 19.8 Å². The summed E-state index contributed by atoms with van der Waals surface area (Å²) in [5.74, 6) is 0. The zero-order valence-corrected chi connectivity index (χ0v) is 10.2. The van der Waals surface area contributed by atoms with Crippen LogP contribution in [0.3, 0.4) is 0 Å². The molecule has 0 fully saturated rings. The number of rotatable bonds is 6. The van der Waals surface area contributed by atoms with Crippen LogP contribution < -0.4 is 0 Å². The number of hydrogen-bond acceptors (Lipinski definition) is 3. The molecule has 0 radical (unpaired) electrons. The van der Waals surface area contributed by atoms with E-state index in [1.165, 1.54) is 0 Å². The van der Waals surface area contributed by atoms with Gasteiger partial charge in [0.1, 0.15) is 0 Å². The van der Waals surface area contributed by atoms with Gasteiger partial charge >= 0.3 is 33.8 Å². The second-order valence-corrected chi connectivity index (χ2v) is 2.92. The zero-order valence-electron chi connectivity index (χ0n) is 7.53. The topological polar surface area (TPSA) is 27.7 Å². The van der Waals surface area contributed by atoms with Gasteiger partial charge in [-0.05, 0) is 20.8 Å². The van der Waals surface area contributed by atoms with Gasteiger partial charge in [0, 0.05) is 0 Å². The van der Waals surface area contributed by atoms with E-state index in [1.807, 2.05) is 20.8 Å². The Kier molecular flexibility index (Phi) is 19.0. The summed E-state index contributed by atoms with van der Waals surface area (Å²) in [6.07, 6.45) is 0. The second-order valence-electron chi connectivity index (χ2n) is 1.55. The molecule has 0 rings (SSSR count). The molecule has 0 saturated carbocycles. The first-order valence-corrected chi connectivity index (χ1v) is 6.23. The first kappa shape index (κ1) is 15.6. The summed E-state index contributed by atoms with van der Waals surface area (Å²) >= 11 is 3.66. The molecule has 0 N–H and O–H groups in total. The Labute approximate surface area is 88.1 Å². The van der Waals surface area contributed by atoms with Gasteiger partial charge in [-0.1, -0.05) is 0 Å². The van der Waals surface area contributed by atoms with E-state index < -0.39 is 8.60 Å². The van der Waals surface area contributed by atoms with Crippen molar-refractivity contribution in [2.75, 3.05) is 19.8 Å². The Bertz CT molecular complexity index is 65.5. The van der Waals surface area contributed by atoms with Gasteiger partial charge in [-0.25, -0.2) is 0 Å². The molecule has 6 heteroatoms. The molecule has 0 aromatic carbocycles. The van der Waals surface area contributed by atoms with Crippen molar-refractivity contribution in [1.82, 2.24) is 0 Å². The van der Waals surface area contributed by atoms with Crippen LogP contribution in [0.5, 0.6) is 0 Å². The van der Waals surface area contributed by atoms with Crippen LogP contribution in [0.25, 0.3) is 0 Å². The van der Waals surface area contributed by atoms with E-state index in [2.05, 4.69) is 25.2 Å².